The Bertz CT molecular complexity index is 549. The number of carbonyl (C=O) groups excluding carboxylic acids is 1. The van der Waals surface area contributed by atoms with Crippen LogP contribution in [0.15, 0.2) is 30.5 Å². The van der Waals surface area contributed by atoms with Crippen LogP contribution in [-0.4, -0.2) is 10.4 Å². The molecule has 0 amide bonds. The van der Waals surface area contributed by atoms with E-state index < -0.39 is 0 Å². The van der Waals surface area contributed by atoms with E-state index in [2.05, 4.69) is 22.9 Å². The number of para-hydroxylation sites is 1. The van der Waals surface area contributed by atoms with E-state index in [-0.39, 0.29) is 5.78 Å². The third-order valence-corrected chi connectivity index (χ3v) is 3.32. The van der Waals surface area contributed by atoms with E-state index in [4.69, 9.17) is 0 Å². The monoisotopic (exact) mass is 213 g/mol. The van der Waals surface area contributed by atoms with Gasteiger partial charge < -0.3 is 4.57 Å². The van der Waals surface area contributed by atoms with Crippen LogP contribution in [0.1, 0.15) is 30.1 Å². The quantitative estimate of drug-likeness (QED) is 0.717. The number of ketones is 1. The lowest BCUT2D eigenvalue weighted by atomic mass is 10.1. The molecule has 1 fully saturated rings. The molecule has 16 heavy (non-hydrogen) atoms. The van der Waals surface area contributed by atoms with Crippen LogP contribution in [0.3, 0.4) is 0 Å². The molecule has 0 radical (unpaired) electrons. The summed E-state index contributed by atoms with van der Waals surface area (Å²) in [5.41, 5.74) is 1.96. The van der Waals surface area contributed by atoms with Crippen molar-refractivity contribution in [1.29, 1.82) is 0 Å². The normalized spacial score (nSPS) is 15.6. The highest BCUT2D eigenvalue weighted by Gasteiger charge is 2.22. The number of Topliss-reactive ketones (excluding diaryl/α,β-unsaturated/α-hetero) is 1. The topological polar surface area (TPSA) is 22.0 Å². The maximum atomic E-state index is 11.6. The maximum Gasteiger partial charge on any atom is 0.161 e. The van der Waals surface area contributed by atoms with Gasteiger partial charge in [-0.25, -0.2) is 0 Å². The third-order valence-electron chi connectivity index (χ3n) is 3.32. The van der Waals surface area contributed by atoms with E-state index >= 15 is 0 Å². The number of fused-ring (bicyclic) bond motifs is 1. The first-order valence-corrected chi connectivity index (χ1v) is 5.84. The summed E-state index contributed by atoms with van der Waals surface area (Å²) in [5, 5.41) is 1.17. The second-order valence-electron chi connectivity index (χ2n) is 4.71. The van der Waals surface area contributed by atoms with E-state index in [0.717, 1.165) is 23.5 Å². The van der Waals surface area contributed by atoms with Gasteiger partial charge in [-0.3, -0.25) is 4.79 Å². The number of carbonyl (C=O) groups is 1. The summed E-state index contributed by atoms with van der Waals surface area (Å²) in [5.74, 6) is 0.983. The summed E-state index contributed by atoms with van der Waals surface area (Å²) in [6.45, 7) is 2.71. The Labute approximate surface area is 94.9 Å². The van der Waals surface area contributed by atoms with Crippen molar-refractivity contribution in [2.45, 2.75) is 26.3 Å². The van der Waals surface area contributed by atoms with Crippen LogP contribution in [0.4, 0.5) is 0 Å². The molecule has 2 heteroatoms. The van der Waals surface area contributed by atoms with Gasteiger partial charge in [-0.05, 0) is 37.8 Å². The van der Waals surface area contributed by atoms with Gasteiger partial charge >= 0.3 is 0 Å². The Morgan fingerprint density at radius 2 is 2.19 bits per heavy atom. The highest BCUT2D eigenvalue weighted by molar-refractivity contribution is 6.05. The lowest BCUT2D eigenvalue weighted by Crippen LogP contribution is -2.02. The minimum atomic E-state index is 0.154. The summed E-state index contributed by atoms with van der Waals surface area (Å²) in [7, 11) is 0. The molecule has 0 bridgehead atoms. The molecule has 0 unspecified atom stereocenters. The van der Waals surface area contributed by atoms with Gasteiger partial charge in [0.05, 0.1) is 5.52 Å². The number of rotatable bonds is 3. The van der Waals surface area contributed by atoms with Gasteiger partial charge in [0.25, 0.3) is 0 Å². The Kier molecular flexibility index (Phi) is 2.10. The minimum Gasteiger partial charge on any atom is -0.347 e. The van der Waals surface area contributed by atoms with Gasteiger partial charge in [-0.15, -0.1) is 0 Å². The molecule has 0 saturated heterocycles. The zero-order valence-corrected chi connectivity index (χ0v) is 9.44. The molecule has 0 N–H and O–H groups in total. The molecular formula is C14H15NO. The minimum absolute atomic E-state index is 0.154. The van der Waals surface area contributed by atoms with Crippen LogP contribution in [0.25, 0.3) is 10.9 Å². The molecule has 0 aliphatic heterocycles. The van der Waals surface area contributed by atoms with E-state index in [1.807, 2.05) is 12.1 Å². The smallest absolute Gasteiger partial charge is 0.161 e. The van der Waals surface area contributed by atoms with Crippen molar-refractivity contribution in [3.63, 3.8) is 0 Å². The molecule has 3 rings (SSSR count). The number of hydrogen-bond acceptors (Lipinski definition) is 1. The van der Waals surface area contributed by atoms with E-state index in [9.17, 15) is 4.79 Å². The van der Waals surface area contributed by atoms with Crippen molar-refractivity contribution in [2.24, 2.45) is 5.92 Å². The molecule has 1 aromatic carbocycles. The number of benzene rings is 1. The average Bonchev–Trinajstić information content (AvgIpc) is 2.98. The van der Waals surface area contributed by atoms with Crippen LogP contribution in [0.5, 0.6) is 0 Å². The highest BCUT2D eigenvalue weighted by Crippen LogP contribution is 2.32. The molecule has 1 saturated carbocycles. The Balaban J connectivity index is 2.16. The summed E-state index contributed by atoms with van der Waals surface area (Å²) in [4.78, 5) is 11.6. The molecule has 2 aromatic rings. The van der Waals surface area contributed by atoms with Gasteiger partial charge in [0.2, 0.25) is 0 Å². The van der Waals surface area contributed by atoms with Crippen molar-refractivity contribution in [3.05, 3.63) is 36.0 Å². The second-order valence-corrected chi connectivity index (χ2v) is 4.71. The number of nitrogens with zero attached hydrogens (tertiary/aromatic N) is 1. The van der Waals surface area contributed by atoms with Crippen molar-refractivity contribution in [1.82, 2.24) is 4.57 Å². The predicted molar refractivity (Wildman–Crippen MR) is 64.7 cm³/mol. The molecule has 1 aliphatic rings. The van der Waals surface area contributed by atoms with Gasteiger partial charge in [-0.2, -0.15) is 0 Å². The zero-order valence-electron chi connectivity index (χ0n) is 9.44. The van der Waals surface area contributed by atoms with Crippen LogP contribution < -0.4 is 0 Å². The van der Waals surface area contributed by atoms with Gasteiger partial charge in [0.15, 0.2) is 5.78 Å². The second kappa shape index (κ2) is 3.48. The van der Waals surface area contributed by atoms with Crippen LogP contribution in [0, 0.1) is 5.92 Å². The molecule has 1 heterocycles. The molecule has 0 atom stereocenters. The zero-order chi connectivity index (χ0) is 11.1. The Hall–Kier alpha value is -1.57. The van der Waals surface area contributed by atoms with Crippen molar-refractivity contribution < 1.29 is 4.79 Å². The highest BCUT2D eigenvalue weighted by atomic mass is 16.1. The molecule has 2 nitrogen and oxygen atoms in total. The van der Waals surface area contributed by atoms with Gasteiger partial charge in [0.1, 0.15) is 0 Å². The molecule has 1 aromatic heterocycles. The first-order chi connectivity index (χ1) is 7.75. The summed E-state index contributed by atoms with van der Waals surface area (Å²) in [6, 6.07) is 8.06. The summed E-state index contributed by atoms with van der Waals surface area (Å²) in [6.07, 6.45) is 4.78. The predicted octanol–water partition coefficient (Wildman–Crippen LogP) is 3.25. The standard InChI is InChI=1S/C14H15NO/c1-10(16)13-4-2-3-12-7-8-15(14(12)13)9-11-5-6-11/h2-4,7-8,11H,5-6,9H2,1H3. The molecule has 82 valence electrons. The summed E-state index contributed by atoms with van der Waals surface area (Å²) < 4.78 is 2.24. The Morgan fingerprint density at radius 3 is 2.88 bits per heavy atom. The average molecular weight is 213 g/mol. The molecule has 0 spiro atoms. The summed E-state index contributed by atoms with van der Waals surface area (Å²) >= 11 is 0. The lowest BCUT2D eigenvalue weighted by Gasteiger charge is -2.07. The SMILES string of the molecule is CC(=O)c1cccc2ccn(CC3CC3)c12. The first-order valence-electron chi connectivity index (χ1n) is 5.84. The third kappa shape index (κ3) is 1.54. The first kappa shape index (κ1) is 9.64. The number of aromatic nitrogens is 1. The largest absolute Gasteiger partial charge is 0.347 e. The fourth-order valence-electron chi connectivity index (χ4n) is 2.28. The fraction of sp³-hybridized carbons (Fsp3) is 0.357. The van der Waals surface area contributed by atoms with E-state index in [0.29, 0.717) is 0 Å². The van der Waals surface area contributed by atoms with Gasteiger partial charge in [-0.1, -0.05) is 12.1 Å². The maximum absolute atomic E-state index is 11.6. The Morgan fingerprint density at radius 1 is 1.38 bits per heavy atom. The van der Waals surface area contributed by atoms with Crippen molar-refractivity contribution >= 4 is 16.7 Å². The van der Waals surface area contributed by atoms with Crippen molar-refractivity contribution in [3.8, 4) is 0 Å². The van der Waals surface area contributed by atoms with Crippen LogP contribution in [0.2, 0.25) is 0 Å². The number of hydrogen-bond donors (Lipinski definition) is 0. The van der Waals surface area contributed by atoms with Crippen LogP contribution >= 0.6 is 0 Å². The molecular weight excluding hydrogens is 198 g/mol. The molecule has 1 aliphatic carbocycles. The fourth-order valence-corrected chi connectivity index (χ4v) is 2.28. The van der Waals surface area contributed by atoms with Gasteiger partial charge in [0, 0.05) is 23.7 Å². The lowest BCUT2D eigenvalue weighted by molar-refractivity contribution is 0.101. The van der Waals surface area contributed by atoms with Crippen LogP contribution in [-0.2, 0) is 6.54 Å². The van der Waals surface area contributed by atoms with E-state index in [1.54, 1.807) is 6.92 Å². The van der Waals surface area contributed by atoms with E-state index in [1.165, 1.54) is 18.2 Å². The van der Waals surface area contributed by atoms with Crippen molar-refractivity contribution in [2.75, 3.05) is 0 Å².